The molecule has 1 spiro atoms. The summed E-state index contributed by atoms with van der Waals surface area (Å²) in [5.41, 5.74) is 2.97. The largest absolute Gasteiger partial charge is 0.376 e. The number of amides is 1. The van der Waals surface area contributed by atoms with Gasteiger partial charge in [-0.1, -0.05) is 12.1 Å². The summed E-state index contributed by atoms with van der Waals surface area (Å²) in [4.78, 5) is 25.5. The Bertz CT molecular complexity index is 916. The number of carbonyl (C=O) groups is 1. The minimum Gasteiger partial charge on any atom is -0.376 e. The summed E-state index contributed by atoms with van der Waals surface area (Å²) in [5, 5.41) is 3.40. The van der Waals surface area contributed by atoms with Crippen LogP contribution in [-0.4, -0.2) is 52.8 Å². The summed E-state index contributed by atoms with van der Waals surface area (Å²) in [6.45, 7) is 2.59. The molecule has 1 atom stereocenters. The van der Waals surface area contributed by atoms with Crippen LogP contribution >= 0.6 is 11.8 Å². The SMILES string of the molecule is CSc1ccc(CC(=O)N2CC[C@@]3(COCc4cnc(NC5CC5)nc43)C2)cc1. The lowest BCUT2D eigenvalue weighted by molar-refractivity contribution is -0.129. The number of thioether (sulfide) groups is 1. The highest BCUT2D eigenvalue weighted by Crippen LogP contribution is 2.39. The Morgan fingerprint density at radius 1 is 1.34 bits per heavy atom. The van der Waals surface area contributed by atoms with Crippen molar-refractivity contribution >= 4 is 23.6 Å². The zero-order valence-electron chi connectivity index (χ0n) is 16.7. The Hall–Kier alpha value is -2.12. The van der Waals surface area contributed by atoms with Gasteiger partial charge in [0.1, 0.15) is 0 Å². The summed E-state index contributed by atoms with van der Waals surface area (Å²) >= 11 is 1.71. The third-order valence-corrected chi connectivity index (χ3v) is 6.88. The lowest BCUT2D eigenvalue weighted by atomic mass is 9.80. The number of hydrogen-bond donors (Lipinski definition) is 1. The second-order valence-electron chi connectivity index (χ2n) is 8.35. The van der Waals surface area contributed by atoms with Crippen LogP contribution in [0.4, 0.5) is 5.95 Å². The minimum absolute atomic E-state index is 0.177. The van der Waals surface area contributed by atoms with Crippen molar-refractivity contribution in [3.63, 3.8) is 0 Å². The zero-order valence-corrected chi connectivity index (χ0v) is 17.5. The van der Waals surface area contributed by atoms with Gasteiger partial charge in [0.25, 0.3) is 0 Å². The molecule has 3 aliphatic rings. The maximum Gasteiger partial charge on any atom is 0.227 e. The molecule has 1 saturated heterocycles. The summed E-state index contributed by atoms with van der Waals surface area (Å²) in [6, 6.07) is 8.78. The number of benzene rings is 1. The van der Waals surface area contributed by atoms with Crippen molar-refractivity contribution < 1.29 is 9.53 Å². The van der Waals surface area contributed by atoms with Crippen molar-refractivity contribution in [3.05, 3.63) is 47.3 Å². The average molecular weight is 411 g/mol. The molecular formula is C22H26N4O2S. The van der Waals surface area contributed by atoms with Gasteiger partial charge < -0.3 is 15.0 Å². The van der Waals surface area contributed by atoms with Gasteiger partial charge in [-0.15, -0.1) is 11.8 Å². The van der Waals surface area contributed by atoms with Crippen LogP contribution in [0.2, 0.25) is 0 Å². The lowest BCUT2D eigenvalue weighted by Gasteiger charge is -2.34. The van der Waals surface area contributed by atoms with Crippen LogP contribution in [0.3, 0.4) is 0 Å². The topological polar surface area (TPSA) is 67.4 Å². The van der Waals surface area contributed by atoms with Gasteiger partial charge in [0.2, 0.25) is 11.9 Å². The first-order valence-corrected chi connectivity index (χ1v) is 11.5. The Kier molecular flexibility index (Phi) is 4.95. The quantitative estimate of drug-likeness (QED) is 0.765. The Morgan fingerprint density at radius 3 is 2.93 bits per heavy atom. The number of carbonyl (C=O) groups excluding carboxylic acids is 1. The van der Waals surface area contributed by atoms with E-state index in [0.29, 0.717) is 38.2 Å². The number of likely N-dealkylation sites (tertiary alicyclic amines) is 1. The molecule has 0 radical (unpaired) electrons. The van der Waals surface area contributed by atoms with E-state index in [-0.39, 0.29) is 11.3 Å². The number of rotatable bonds is 5. The van der Waals surface area contributed by atoms with E-state index < -0.39 is 0 Å². The molecular weight excluding hydrogens is 384 g/mol. The molecule has 5 rings (SSSR count). The number of ether oxygens (including phenoxy) is 1. The van der Waals surface area contributed by atoms with Gasteiger partial charge in [0.15, 0.2) is 0 Å². The predicted molar refractivity (Wildman–Crippen MR) is 113 cm³/mol. The number of nitrogens with one attached hydrogen (secondary N) is 1. The molecule has 7 heteroatoms. The Morgan fingerprint density at radius 2 is 2.17 bits per heavy atom. The Labute approximate surface area is 175 Å². The van der Waals surface area contributed by atoms with Crippen molar-refractivity contribution in [2.75, 3.05) is 31.3 Å². The zero-order chi connectivity index (χ0) is 19.8. The molecule has 2 fully saturated rings. The molecule has 6 nitrogen and oxygen atoms in total. The summed E-state index contributed by atoms with van der Waals surface area (Å²) in [6.07, 6.45) is 7.66. The van der Waals surface area contributed by atoms with Crippen LogP contribution in [0.5, 0.6) is 0 Å². The van der Waals surface area contributed by atoms with E-state index in [0.717, 1.165) is 29.8 Å². The van der Waals surface area contributed by atoms with E-state index in [1.54, 1.807) is 11.8 Å². The molecule has 2 aliphatic heterocycles. The first kappa shape index (κ1) is 18.9. The molecule has 3 heterocycles. The number of fused-ring (bicyclic) bond motifs is 2. The van der Waals surface area contributed by atoms with Gasteiger partial charge in [0, 0.05) is 35.8 Å². The standard InChI is InChI=1S/C22H26N4O2S/c1-29-18-6-2-15(3-7-18)10-19(27)26-9-8-22(13-26)14-28-12-16-11-23-21(25-20(16)22)24-17-4-5-17/h2-3,6-7,11,17H,4-5,8-10,12-14H2,1H3,(H,23,24,25)/t22-/m0/s1. The molecule has 1 aromatic heterocycles. The fourth-order valence-corrected chi connectivity index (χ4v) is 4.71. The fraction of sp³-hybridized carbons (Fsp3) is 0.500. The van der Waals surface area contributed by atoms with E-state index >= 15 is 0 Å². The lowest BCUT2D eigenvalue weighted by Crippen LogP contribution is -2.42. The van der Waals surface area contributed by atoms with Crippen molar-refractivity contribution in [1.82, 2.24) is 14.9 Å². The normalized spacial score (nSPS) is 23.3. The second-order valence-corrected chi connectivity index (χ2v) is 9.23. The van der Waals surface area contributed by atoms with Gasteiger partial charge in [-0.2, -0.15) is 0 Å². The number of nitrogens with zero attached hydrogens (tertiary/aromatic N) is 3. The molecule has 0 unspecified atom stereocenters. The molecule has 1 aliphatic carbocycles. The van der Waals surface area contributed by atoms with E-state index in [9.17, 15) is 4.79 Å². The molecule has 1 saturated carbocycles. The third kappa shape index (κ3) is 3.85. The molecule has 1 amide bonds. The predicted octanol–water partition coefficient (Wildman–Crippen LogP) is 3.02. The first-order valence-electron chi connectivity index (χ1n) is 10.3. The highest BCUT2D eigenvalue weighted by Gasteiger charge is 2.46. The van der Waals surface area contributed by atoms with Crippen LogP contribution in [0.1, 0.15) is 36.1 Å². The van der Waals surface area contributed by atoms with Crippen molar-refractivity contribution in [1.29, 1.82) is 0 Å². The van der Waals surface area contributed by atoms with Crippen molar-refractivity contribution in [3.8, 4) is 0 Å². The molecule has 2 aromatic rings. The van der Waals surface area contributed by atoms with Crippen LogP contribution in [0.25, 0.3) is 0 Å². The van der Waals surface area contributed by atoms with E-state index in [2.05, 4.69) is 40.8 Å². The van der Waals surface area contributed by atoms with Gasteiger partial charge in [-0.05, 0) is 43.2 Å². The molecule has 152 valence electrons. The molecule has 29 heavy (non-hydrogen) atoms. The maximum atomic E-state index is 13.0. The van der Waals surface area contributed by atoms with Crippen LogP contribution in [0, 0.1) is 0 Å². The fourth-order valence-electron chi connectivity index (χ4n) is 4.30. The van der Waals surface area contributed by atoms with Crippen molar-refractivity contribution in [2.24, 2.45) is 0 Å². The number of aromatic nitrogens is 2. The first-order chi connectivity index (χ1) is 14.1. The second kappa shape index (κ2) is 7.61. The maximum absolute atomic E-state index is 13.0. The highest BCUT2D eigenvalue weighted by molar-refractivity contribution is 7.98. The van der Waals surface area contributed by atoms with Gasteiger partial charge in [-0.3, -0.25) is 4.79 Å². The van der Waals surface area contributed by atoms with Gasteiger partial charge >= 0.3 is 0 Å². The Balaban J connectivity index is 1.32. The smallest absolute Gasteiger partial charge is 0.227 e. The summed E-state index contributed by atoms with van der Waals surface area (Å²) in [7, 11) is 0. The minimum atomic E-state index is -0.213. The van der Waals surface area contributed by atoms with E-state index in [4.69, 9.17) is 9.72 Å². The molecule has 1 aromatic carbocycles. The average Bonchev–Trinajstić information content (AvgIpc) is 3.46. The summed E-state index contributed by atoms with van der Waals surface area (Å²) < 4.78 is 5.90. The van der Waals surface area contributed by atoms with E-state index in [1.165, 1.54) is 17.7 Å². The van der Waals surface area contributed by atoms with E-state index in [1.807, 2.05) is 11.1 Å². The van der Waals surface area contributed by atoms with Gasteiger partial charge in [0.05, 0.1) is 30.7 Å². The number of hydrogen-bond acceptors (Lipinski definition) is 6. The van der Waals surface area contributed by atoms with Gasteiger partial charge in [-0.25, -0.2) is 9.97 Å². The number of anilines is 1. The highest BCUT2D eigenvalue weighted by atomic mass is 32.2. The molecule has 1 N–H and O–H groups in total. The van der Waals surface area contributed by atoms with Crippen molar-refractivity contribution in [2.45, 2.75) is 48.6 Å². The summed E-state index contributed by atoms with van der Waals surface area (Å²) in [5.74, 6) is 0.891. The third-order valence-electron chi connectivity index (χ3n) is 6.13. The molecule has 0 bridgehead atoms. The monoisotopic (exact) mass is 410 g/mol. The van der Waals surface area contributed by atoms with Crippen LogP contribution in [0.15, 0.2) is 35.4 Å². The van der Waals surface area contributed by atoms with Crippen LogP contribution in [-0.2, 0) is 28.0 Å². The van der Waals surface area contributed by atoms with Crippen LogP contribution < -0.4 is 5.32 Å².